The number of carbonyl (C=O) groups excluding carboxylic acids is 1. The molecule has 0 saturated carbocycles. The number of hydrogen-bond donors (Lipinski definition) is 1. The molecule has 0 spiro atoms. The van der Waals surface area contributed by atoms with Gasteiger partial charge in [-0.3, -0.25) is 4.79 Å². The zero-order valence-corrected chi connectivity index (χ0v) is 12.3. The quantitative estimate of drug-likeness (QED) is 0.850. The van der Waals surface area contributed by atoms with Crippen LogP contribution in [-0.2, 0) is 0 Å². The van der Waals surface area contributed by atoms with E-state index in [0.717, 1.165) is 17.7 Å². The molecule has 0 radical (unpaired) electrons. The summed E-state index contributed by atoms with van der Waals surface area (Å²) in [6, 6.07) is 15.7. The summed E-state index contributed by atoms with van der Waals surface area (Å²) in [4.78, 5) is 12.1. The van der Waals surface area contributed by atoms with Crippen LogP contribution < -0.4 is 5.32 Å². The first-order valence-electron chi connectivity index (χ1n) is 7.08. The van der Waals surface area contributed by atoms with E-state index in [1.807, 2.05) is 43.3 Å². The molecule has 0 bridgehead atoms. The number of nitrogens with one attached hydrogen (secondary N) is 1. The smallest absolute Gasteiger partial charge is 0.255 e. The number of amides is 1. The van der Waals surface area contributed by atoms with Gasteiger partial charge in [-0.05, 0) is 49.1 Å². The molecule has 1 N–H and O–H groups in total. The molecule has 20 heavy (non-hydrogen) atoms. The lowest BCUT2D eigenvalue weighted by Crippen LogP contribution is -2.11. The topological polar surface area (TPSA) is 29.1 Å². The molecular formula is C18H21NO. The van der Waals surface area contributed by atoms with Crippen molar-refractivity contribution in [3.8, 4) is 0 Å². The first-order chi connectivity index (χ1) is 9.60. The van der Waals surface area contributed by atoms with Crippen LogP contribution in [0.4, 0.5) is 5.69 Å². The van der Waals surface area contributed by atoms with Gasteiger partial charge in [-0.15, -0.1) is 0 Å². The summed E-state index contributed by atoms with van der Waals surface area (Å²) in [5.74, 6) is 0.484. The normalized spacial score (nSPS) is 11.9. The highest BCUT2D eigenvalue weighted by atomic mass is 16.1. The van der Waals surface area contributed by atoms with Gasteiger partial charge >= 0.3 is 0 Å². The molecule has 1 amide bonds. The van der Waals surface area contributed by atoms with Gasteiger partial charge in [0.15, 0.2) is 0 Å². The molecule has 2 aromatic carbocycles. The van der Waals surface area contributed by atoms with Gasteiger partial charge in [-0.1, -0.05) is 43.7 Å². The van der Waals surface area contributed by atoms with Crippen LogP contribution in [0.3, 0.4) is 0 Å². The van der Waals surface area contributed by atoms with E-state index < -0.39 is 0 Å². The van der Waals surface area contributed by atoms with E-state index in [2.05, 4.69) is 31.3 Å². The minimum absolute atomic E-state index is 0.0683. The van der Waals surface area contributed by atoms with E-state index in [-0.39, 0.29) is 5.91 Å². The van der Waals surface area contributed by atoms with Gasteiger partial charge < -0.3 is 5.32 Å². The maximum absolute atomic E-state index is 12.1. The van der Waals surface area contributed by atoms with E-state index in [0.29, 0.717) is 11.5 Å². The Morgan fingerprint density at radius 3 is 2.20 bits per heavy atom. The third-order valence-corrected chi connectivity index (χ3v) is 3.66. The molecule has 0 fully saturated rings. The van der Waals surface area contributed by atoms with Crippen LogP contribution in [0.15, 0.2) is 48.5 Å². The summed E-state index contributed by atoms with van der Waals surface area (Å²) in [7, 11) is 0. The van der Waals surface area contributed by atoms with Crippen molar-refractivity contribution in [3.63, 3.8) is 0 Å². The Morgan fingerprint density at radius 1 is 1.05 bits per heavy atom. The highest BCUT2D eigenvalue weighted by Crippen LogP contribution is 2.20. The first-order valence-corrected chi connectivity index (χ1v) is 7.08. The highest BCUT2D eigenvalue weighted by molar-refractivity contribution is 6.04. The summed E-state index contributed by atoms with van der Waals surface area (Å²) < 4.78 is 0. The van der Waals surface area contributed by atoms with Crippen LogP contribution in [0.5, 0.6) is 0 Å². The van der Waals surface area contributed by atoms with Crippen molar-refractivity contribution in [3.05, 3.63) is 65.2 Å². The Balaban J connectivity index is 2.06. The van der Waals surface area contributed by atoms with E-state index in [4.69, 9.17) is 0 Å². The molecule has 0 aliphatic carbocycles. The van der Waals surface area contributed by atoms with Crippen LogP contribution in [0, 0.1) is 6.92 Å². The Morgan fingerprint density at radius 2 is 1.65 bits per heavy atom. The average molecular weight is 267 g/mol. The molecule has 0 aromatic heterocycles. The minimum atomic E-state index is -0.0683. The number of benzene rings is 2. The molecular weight excluding hydrogens is 246 g/mol. The summed E-state index contributed by atoms with van der Waals surface area (Å²) >= 11 is 0. The summed E-state index contributed by atoms with van der Waals surface area (Å²) in [5, 5.41) is 2.92. The Labute approximate surface area is 120 Å². The predicted molar refractivity (Wildman–Crippen MR) is 84.3 cm³/mol. The van der Waals surface area contributed by atoms with Gasteiger partial charge in [-0.2, -0.15) is 0 Å². The zero-order valence-electron chi connectivity index (χ0n) is 12.3. The van der Waals surface area contributed by atoms with Crippen molar-refractivity contribution >= 4 is 11.6 Å². The number of anilines is 1. The van der Waals surface area contributed by atoms with Crippen molar-refractivity contribution in [2.24, 2.45) is 0 Å². The Kier molecular flexibility index (Phi) is 4.57. The standard InChI is InChI=1S/C18H21NO/c1-4-14(3)15-9-11-17(12-10-15)19-18(20)16-7-5-13(2)6-8-16/h5-12,14H,4H2,1-3H3,(H,19,20)/t14-/m0/s1. The van der Waals surface area contributed by atoms with Crippen LogP contribution in [0.25, 0.3) is 0 Å². The van der Waals surface area contributed by atoms with Gasteiger partial charge in [0.1, 0.15) is 0 Å². The fraction of sp³-hybridized carbons (Fsp3) is 0.278. The molecule has 2 heteroatoms. The van der Waals surface area contributed by atoms with Crippen LogP contribution >= 0.6 is 0 Å². The van der Waals surface area contributed by atoms with Gasteiger partial charge in [0.05, 0.1) is 0 Å². The first kappa shape index (κ1) is 14.3. The molecule has 104 valence electrons. The Hall–Kier alpha value is -2.09. The van der Waals surface area contributed by atoms with Gasteiger partial charge in [0.2, 0.25) is 0 Å². The SMILES string of the molecule is CC[C@H](C)c1ccc(NC(=O)c2ccc(C)cc2)cc1. The fourth-order valence-electron chi connectivity index (χ4n) is 2.04. The van der Waals surface area contributed by atoms with Crippen LogP contribution in [0.2, 0.25) is 0 Å². The fourth-order valence-corrected chi connectivity index (χ4v) is 2.04. The number of hydrogen-bond acceptors (Lipinski definition) is 1. The molecule has 0 heterocycles. The second-order valence-electron chi connectivity index (χ2n) is 5.25. The van der Waals surface area contributed by atoms with Crippen molar-refractivity contribution in [1.82, 2.24) is 0 Å². The molecule has 0 aliphatic rings. The van der Waals surface area contributed by atoms with Gasteiger partial charge in [-0.25, -0.2) is 0 Å². The van der Waals surface area contributed by atoms with Crippen molar-refractivity contribution in [2.45, 2.75) is 33.1 Å². The molecule has 2 rings (SSSR count). The van der Waals surface area contributed by atoms with E-state index >= 15 is 0 Å². The van der Waals surface area contributed by atoms with Crippen molar-refractivity contribution in [2.75, 3.05) is 5.32 Å². The maximum atomic E-state index is 12.1. The molecule has 0 aliphatic heterocycles. The van der Waals surface area contributed by atoms with E-state index in [9.17, 15) is 4.79 Å². The maximum Gasteiger partial charge on any atom is 0.255 e. The number of carbonyl (C=O) groups is 1. The average Bonchev–Trinajstić information content (AvgIpc) is 2.48. The Bertz CT molecular complexity index is 569. The second kappa shape index (κ2) is 6.38. The van der Waals surface area contributed by atoms with Crippen LogP contribution in [0.1, 0.15) is 47.7 Å². The van der Waals surface area contributed by atoms with Gasteiger partial charge in [0, 0.05) is 11.3 Å². The number of aryl methyl sites for hydroxylation is 1. The summed E-state index contributed by atoms with van der Waals surface area (Å²) in [6.45, 7) is 6.40. The molecule has 0 saturated heterocycles. The molecule has 1 atom stereocenters. The monoisotopic (exact) mass is 267 g/mol. The number of rotatable bonds is 4. The molecule has 0 unspecified atom stereocenters. The second-order valence-corrected chi connectivity index (χ2v) is 5.25. The third-order valence-electron chi connectivity index (χ3n) is 3.66. The largest absolute Gasteiger partial charge is 0.322 e. The lowest BCUT2D eigenvalue weighted by atomic mass is 9.98. The predicted octanol–water partition coefficient (Wildman–Crippen LogP) is 4.76. The zero-order chi connectivity index (χ0) is 14.5. The molecule has 2 aromatic rings. The summed E-state index contributed by atoms with van der Waals surface area (Å²) in [5.41, 5.74) is 3.98. The van der Waals surface area contributed by atoms with Crippen molar-refractivity contribution in [1.29, 1.82) is 0 Å². The molecule has 2 nitrogen and oxygen atoms in total. The minimum Gasteiger partial charge on any atom is -0.322 e. The summed E-state index contributed by atoms with van der Waals surface area (Å²) in [6.07, 6.45) is 1.12. The van der Waals surface area contributed by atoms with Gasteiger partial charge in [0.25, 0.3) is 5.91 Å². The van der Waals surface area contributed by atoms with E-state index in [1.54, 1.807) is 0 Å². The van der Waals surface area contributed by atoms with Crippen molar-refractivity contribution < 1.29 is 4.79 Å². The lowest BCUT2D eigenvalue weighted by Gasteiger charge is -2.10. The lowest BCUT2D eigenvalue weighted by molar-refractivity contribution is 0.102. The van der Waals surface area contributed by atoms with Crippen LogP contribution in [-0.4, -0.2) is 5.91 Å². The highest BCUT2D eigenvalue weighted by Gasteiger charge is 2.06. The van der Waals surface area contributed by atoms with E-state index in [1.165, 1.54) is 5.56 Å². The third kappa shape index (κ3) is 3.47.